The molecule has 9 heteroatoms. The second-order valence-electron chi connectivity index (χ2n) is 23.8. The summed E-state index contributed by atoms with van der Waals surface area (Å²) in [6.45, 7) is 4.81. The Morgan fingerprint density at radius 3 is 1.12 bits per heavy atom. The van der Waals surface area contributed by atoms with Gasteiger partial charge in [0.1, 0.15) is 13.2 Å². The van der Waals surface area contributed by atoms with Crippen LogP contribution >= 0.6 is 7.82 Å². The number of nitrogens with zero attached hydrogens (tertiary/aromatic N) is 1. The molecule has 0 aliphatic rings. The Kier molecular flexibility index (Phi) is 58.0. The Balaban J connectivity index is 4.18. The first-order valence-corrected chi connectivity index (χ1v) is 34.8. The number of nitrogens with one attached hydrogen (secondary N) is 1. The van der Waals surface area contributed by atoms with Crippen LogP contribution in [0, 0.1) is 0 Å². The standard InChI is InChI=1S/C69H129N2O6P/c1-6-8-10-12-14-16-18-20-22-24-26-28-30-32-34-35-37-39-41-43-45-47-49-51-53-55-57-59-61-63-69(73)70-67(66-77-78(74,75)76-65-64-71(3,4)5)68(72)62-60-58-56-54-52-50-48-46-44-42-40-38-36-33-31-29-27-25-23-21-19-17-15-13-11-9-7-2/h18,20,24,26,30,32,44,46,52,54,60,62,67-68,72H,6-17,19,21-23,25,27-29,31,33-43,45,47-51,53,55-59,61,63-66H2,1-5H3,(H-,70,73,74,75)/p+1/b20-18-,26-24-,32-30-,46-44+,54-52+,62-60+. The summed E-state index contributed by atoms with van der Waals surface area (Å²) in [5.41, 5.74) is 0. The molecule has 0 radical (unpaired) electrons. The second-order valence-corrected chi connectivity index (χ2v) is 25.3. The molecule has 78 heavy (non-hydrogen) atoms. The third-order valence-electron chi connectivity index (χ3n) is 14.9. The number of carbonyl (C=O) groups excluding carboxylic acids is 1. The van der Waals surface area contributed by atoms with Gasteiger partial charge in [-0.05, 0) is 83.5 Å². The quantitative estimate of drug-likeness (QED) is 0.0243. The molecule has 0 aromatic heterocycles. The predicted molar refractivity (Wildman–Crippen MR) is 341 cm³/mol. The van der Waals surface area contributed by atoms with E-state index in [2.05, 4.69) is 79.9 Å². The number of hydrogen-bond donors (Lipinski definition) is 3. The number of likely N-dealkylation sites (N-methyl/N-ethyl adjacent to an activating group) is 1. The molecule has 0 aliphatic heterocycles. The molecule has 0 bridgehead atoms. The van der Waals surface area contributed by atoms with Crippen LogP contribution in [0.1, 0.15) is 309 Å². The molecule has 0 saturated heterocycles. The average molecular weight is 1110 g/mol. The van der Waals surface area contributed by atoms with E-state index in [4.69, 9.17) is 9.05 Å². The largest absolute Gasteiger partial charge is 0.472 e. The van der Waals surface area contributed by atoms with Gasteiger partial charge in [-0.15, -0.1) is 0 Å². The molecule has 0 fully saturated rings. The normalized spacial score (nSPS) is 14.2. The minimum Gasteiger partial charge on any atom is -0.387 e. The number of aliphatic hydroxyl groups is 1. The number of rotatable bonds is 61. The number of phosphoric ester groups is 1. The molecule has 0 aliphatic carbocycles. The van der Waals surface area contributed by atoms with Crippen molar-refractivity contribution < 1.29 is 32.9 Å². The highest BCUT2D eigenvalue weighted by Gasteiger charge is 2.28. The van der Waals surface area contributed by atoms with Crippen molar-refractivity contribution >= 4 is 13.7 Å². The third-order valence-corrected chi connectivity index (χ3v) is 15.9. The van der Waals surface area contributed by atoms with Gasteiger partial charge in [0.15, 0.2) is 0 Å². The van der Waals surface area contributed by atoms with Gasteiger partial charge in [-0.3, -0.25) is 13.8 Å². The number of phosphoric acid groups is 1. The fraction of sp³-hybridized carbons (Fsp3) is 0.812. The average Bonchev–Trinajstić information content (AvgIpc) is 3.41. The Hall–Kier alpha value is -2.06. The highest BCUT2D eigenvalue weighted by atomic mass is 31.2. The molecule has 3 N–H and O–H groups in total. The smallest absolute Gasteiger partial charge is 0.387 e. The van der Waals surface area contributed by atoms with Crippen LogP contribution < -0.4 is 5.32 Å². The summed E-state index contributed by atoms with van der Waals surface area (Å²) < 4.78 is 23.8. The van der Waals surface area contributed by atoms with Crippen LogP contribution in [0.15, 0.2) is 72.9 Å². The van der Waals surface area contributed by atoms with Gasteiger partial charge in [-0.2, -0.15) is 0 Å². The van der Waals surface area contributed by atoms with Crippen LogP contribution in [-0.4, -0.2) is 73.4 Å². The Labute approximate surface area is 484 Å². The van der Waals surface area contributed by atoms with Gasteiger partial charge in [0.05, 0.1) is 39.9 Å². The number of unbranched alkanes of at least 4 members (excludes halogenated alkanes) is 38. The Morgan fingerprint density at radius 1 is 0.436 bits per heavy atom. The van der Waals surface area contributed by atoms with Crippen LogP contribution in [0.25, 0.3) is 0 Å². The maximum absolute atomic E-state index is 13.0. The van der Waals surface area contributed by atoms with Crippen LogP contribution in [0.3, 0.4) is 0 Å². The van der Waals surface area contributed by atoms with E-state index >= 15 is 0 Å². The van der Waals surface area contributed by atoms with Crippen molar-refractivity contribution in [1.82, 2.24) is 5.32 Å². The lowest BCUT2D eigenvalue weighted by Crippen LogP contribution is -2.45. The van der Waals surface area contributed by atoms with Crippen molar-refractivity contribution in [2.75, 3.05) is 40.9 Å². The number of amides is 1. The molecule has 3 atom stereocenters. The van der Waals surface area contributed by atoms with Crippen molar-refractivity contribution in [3.05, 3.63) is 72.9 Å². The summed E-state index contributed by atoms with van der Waals surface area (Å²) in [4.78, 5) is 23.4. The van der Waals surface area contributed by atoms with E-state index in [0.29, 0.717) is 17.4 Å². The molecule has 0 saturated carbocycles. The van der Waals surface area contributed by atoms with E-state index in [1.54, 1.807) is 6.08 Å². The fourth-order valence-electron chi connectivity index (χ4n) is 9.67. The molecule has 8 nitrogen and oxygen atoms in total. The Morgan fingerprint density at radius 2 is 0.744 bits per heavy atom. The zero-order chi connectivity index (χ0) is 57.0. The van der Waals surface area contributed by atoms with Gasteiger partial charge in [0.2, 0.25) is 5.91 Å². The monoisotopic (exact) mass is 1110 g/mol. The molecule has 0 rings (SSSR count). The van der Waals surface area contributed by atoms with Gasteiger partial charge in [-0.25, -0.2) is 4.57 Å². The minimum absolute atomic E-state index is 0.0516. The number of hydrogen-bond acceptors (Lipinski definition) is 5. The summed E-state index contributed by atoms with van der Waals surface area (Å²) in [6.07, 6.45) is 83.2. The zero-order valence-corrected chi connectivity index (χ0v) is 53.0. The molecule has 1 amide bonds. The maximum Gasteiger partial charge on any atom is 0.472 e. The molecule has 0 aromatic carbocycles. The molecule has 456 valence electrons. The van der Waals surface area contributed by atoms with E-state index in [1.165, 1.54) is 231 Å². The van der Waals surface area contributed by atoms with E-state index in [0.717, 1.165) is 57.8 Å². The van der Waals surface area contributed by atoms with E-state index in [-0.39, 0.29) is 19.1 Å². The van der Waals surface area contributed by atoms with Crippen molar-refractivity contribution in [2.45, 2.75) is 321 Å². The van der Waals surface area contributed by atoms with Crippen LogP contribution in [0.5, 0.6) is 0 Å². The zero-order valence-electron chi connectivity index (χ0n) is 52.2. The summed E-state index contributed by atoms with van der Waals surface area (Å²) in [5, 5.41) is 14.0. The highest BCUT2D eigenvalue weighted by Crippen LogP contribution is 2.43. The summed E-state index contributed by atoms with van der Waals surface area (Å²) in [6, 6.07) is -0.875. The number of allylic oxidation sites excluding steroid dienone is 11. The maximum atomic E-state index is 13.0. The molecule has 0 aromatic rings. The first kappa shape index (κ1) is 75.9. The van der Waals surface area contributed by atoms with E-state index in [9.17, 15) is 19.4 Å². The highest BCUT2D eigenvalue weighted by molar-refractivity contribution is 7.47. The summed E-state index contributed by atoms with van der Waals surface area (Å²) in [5.74, 6) is -0.190. The third kappa shape index (κ3) is 61.6. The number of quaternary nitrogens is 1. The van der Waals surface area contributed by atoms with Crippen molar-refractivity contribution in [2.24, 2.45) is 0 Å². The minimum atomic E-state index is -4.37. The van der Waals surface area contributed by atoms with E-state index < -0.39 is 20.0 Å². The van der Waals surface area contributed by atoms with Gasteiger partial charge in [0, 0.05) is 6.42 Å². The fourth-order valence-corrected chi connectivity index (χ4v) is 10.4. The first-order valence-electron chi connectivity index (χ1n) is 33.3. The summed E-state index contributed by atoms with van der Waals surface area (Å²) in [7, 11) is 1.55. The predicted octanol–water partition coefficient (Wildman–Crippen LogP) is 21.0. The second kappa shape index (κ2) is 59.6. The van der Waals surface area contributed by atoms with Crippen molar-refractivity contribution in [3.63, 3.8) is 0 Å². The number of aliphatic hydroxyl groups excluding tert-OH is 1. The molecule has 3 unspecified atom stereocenters. The lowest BCUT2D eigenvalue weighted by atomic mass is 10.0. The van der Waals surface area contributed by atoms with E-state index in [1.807, 2.05) is 27.2 Å². The first-order chi connectivity index (χ1) is 38.0. The van der Waals surface area contributed by atoms with Crippen LogP contribution in [0.2, 0.25) is 0 Å². The van der Waals surface area contributed by atoms with Crippen LogP contribution in [-0.2, 0) is 18.4 Å². The van der Waals surface area contributed by atoms with Crippen LogP contribution in [0.4, 0.5) is 0 Å². The van der Waals surface area contributed by atoms with Crippen molar-refractivity contribution in [3.8, 4) is 0 Å². The van der Waals surface area contributed by atoms with Gasteiger partial charge in [0.25, 0.3) is 0 Å². The lowest BCUT2D eigenvalue weighted by Gasteiger charge is -2.25. The topological polar surface area (TPSA) is 105 Å². The number of carbonyl (C=O) groups is 1. The van der Waals surface area contributed by atoms with Gasteiger partial charge >= 0.3 is 7.82 Å². The molecule has 0 spiro atoms. The summed E-state index contributed by atoms with van der Waals surface area (Å²) >= 11 is 0. The molecule has 0 heterocycles. The lowest BCUT2D eigenvalue weighted by molar-refractivity contribution is -0.870. The van der Waals surface area contributed by atoms with Crippen molar-refractivity contribution in [1.29, 1.82) is 0 Å². The van der Waals surface area contributed by atoms with Gasteiger partial charge in [-0.1, -0.05) is 292 Å². The molecular weight excluding hydrogens is 984 g/mol. The SMILES string of the molecule is CCCCCCC/C=C\C/C=C\C/C=C\CCCCCCCCCCCCCCCCC(=O)NC(COP(=O)(O)OCC[N+](C)(C)C)C(O)/C=C/CC/C=C/CC/C=C/CCCCCCCCCCCCCCCCCCC. The van der Waals surface area contributed by atoms with Gasteiger partial charge < -0.3 is 19.8 Å². The Bertz CT molecular complexity index is 1500. The molecular formula is C69H130N2O6P+.